The molecule has 10 heteroatoms. The first-order valence-electron chi connectivity index (χ1n) is 15.5. The van der Waals surface area contributed by atoms with Crippen molar-refractivity contribution in [3.63, 3.8) is 0 Å². The predicted molar refractivity (Wildman–Crippen MR) is 175 cm³/mol. The quantitative estimate of drug-likeness (QED) is 0.0608. The fourth-order valence-electron chi connectivity index (χ4n) is 6.27. The van der Waals surface area contributed by atoms with Gasteiger partial charge in [-0.1, -0.05) is 54.6 Å². The summed E-state index contributed by atoms with van der Waals surface area (Å²) >= 11 is 0. The van der Waals surface area contributed by atoms with Crippen molar-refractivity contribution in [2.45, 2.75) is 45.1 Å². The third-order valence-corrected chi connectivity index (χ3v) is 8.63. The van der Waals surface area contributed by atoms with Crippen LogP contribution in [0.3, 0.4) is 0 Å². The fraction of sp³-hybridized carbons (Fsp3) is 0.382. The van der Waals surface area contributed by atoms with Gasteiger partial charge in [0.05, 0.1) is 24.1 Å². The molecule has 1 aromatic heterocycles. The molecule has 1 saturated heterocycles. The van der Waals surface area contributed by atoms with Gasteiger partial charge in [0.1, 0.15) is 24.2 Å². The van der Waals surface area contributed by atoms with Crippen molar-refractivity contribution in [3.8, 4) is 0 Å². The van der Waals surface area contributed by atoms with Gasteiger partial charge < -0.3 is 20.6 Å². The number of nitrogen functional groups attached to an aromatic ring is 1. The maximum absolute atomic E-state index is 12.4. The molecule has 1 aliphatic heterocycles. The molecule has 10 nitrogen and oxygen atoms in total. The maximum atomic E-state index is 12.4. The van der Waals surface area contributed by atoms with Gasteiger partial charge >= 0.3 is 6.09 Å². The van der Waals surface area contributed by atoms with Gasteiger partial charge in [0.25, 0.3) is 0 Å². The molecule has 0 saturated carbocycles. The summed E-state index contributed by atoms with van der Waals surface area (Å²) in [6, 6.07) is 24.3. The van der Waals surface area contributed by atoms with Crippen LogP contribution in [0.2, 0.25) is 0 Å². The van der Waals surface area contributed by atoms with Crippen molar-refractivity contribution in [2.75, 3.05) is 39.4 Å². The molecule has 0 bridgehead atoms. The van der Waals surface area contributed by atoms with E-state index in [1.807, 2.05) is 49.4 Å². The molecule has 2 unspecified atom stereocenters. The fourth-order valence-corrected chi connectivity index (χ4v) is 6.27. The SMILES string of the molecule is CCOCCCc1nc2ccc([N+]3(NC(=O)O)CCN(CCc4ccccc4)CC3CCc3ccc(C(=N)N)cc3)cc2[nH]1. The van der Waals surface area contributed by atoms with Crippen molar-refractivity contribution in [2.24, 2.45) is 5.73 Å². The number of ether oxygens (including phenoxy) is 1. The number of aromatic amines is 1. The Kier molecular flexibility index (Phi) is 10.3. The van der Waals surface area contributed by atoms with Gasteiger partial charge in [0, 0.05) is 50.3 Å². The second kappa shape index (κ2) is 14.5. The van der Waals surface area contributed by atoms with E-state index in [4.69, 9.17) is 20.9 Å². The molecular formula is C34H44N7O3+. The predicted octanol–water partition coefficient (Wildman–Crippen LogP) is 4.87. The van der Waals surface area contributed by atoms with E-state index in [1.165, 1.54) is 5.56 Å². The van der Waals surface area contributed by atoms with E-state index in [-0.39, 0.29) is 16.5 Å². The molecule has 5 rings (SSSR count). The summed E-state index contributed by atoms with van der Waals surface area (Å²) in [5.41, 5.74) is 14.4. The molecule has 0 spiro atoms. The number of carbonyl (C=O) groups is 1. The Morgan fingerprint density at radius 3 is 2.61 bits per heavy atom. The van der Waals surface area contributed by atoms with Crippen LogP contribution in [0.1, 0.15) is 42.3 Å². The van der Waals surface area contributed by atoms with Gasteiger partial charge in [0.15, 0.2) is 5.69 Å². The number of amides is 1. The zero-order valence-corrected chi connectivity index (χ0v) is 25.5. The van der Waals surface area contributed by atoms with Crippen molar-refractivity contribution in [1.82, 2.24) is 24.9 Å². The largest absolute Gasteiger partial charge is 0.462 e. The molecule has 1 amide bonds. The summed E-state index contributed by atoms with van der Waals surface area (Å²) in [4.78, 5) is 23.1. The summed E-state index contributed by atoms with van der Waals surface area (Å²) < 4.78 is 5.64. The number of nitrogens with one attached hydrogen (secondary N) is 3. The lowest BCUT2D eigenvalue weighted by Gasteiger charge is -2.48. The van der Waals surface area contributed by atoms with E-state index in [9.17, 15) is 9.90 Å². The Morgan fingerprint density at radius 1 is 1.11 bits per heavy atom. The minimum Gasteiger partial charge on any atom is -0.462 e. The van der Waals surface area contributed by atoms with Gasteiger partial charge in [-0.05, 0) is 43.4 Å². The molecular weight excluding hydrogens is 554 g/mol. The molecule has 0 radical (unpaired) electrons. The van der Waals surface area contributed by atoms with Crippen LogP contribution >= 0.6 is 0 Å². The molecule has 0 aliphatic carbocycles. The Morgan fingerprint density at radius 2 is 1.89 bits per heavy atom. The topological polar surface area (TPSA) is 140 Å². The van der Waals surface area contributed by atoms with Crippen LogP contribution < -0.4 is 15.8 Å². The average molecular weight is 599 g/mol. The lowest BCUT2D eigenvalue weighted by atomic mass is 9.98. The number of piperazine rings is 1. The van der Waals surface area contributed by atoms with Gasteiger partial charge in [-0.3, -0.25) is 10.3 Å². The Bertz CT molecular complexity index is 1540. The highest BCUT2D eigenvalue weighted by molar-refractivity contribution is 5.94. The molecule has 44 heavy (non-hydrogen) atoms. The normalized spacial score (nSPS) is 18.8. The number of nitrogens with two attached hydrogens (primary N) is 1. The number of fused-ring (bicyclic) bond motifs is 1. The molecule has 4 aromatic rings. The maximum Gasteiger partial charge on any atom is 0.449 e. The lowest BCUT2D eigenvalue weighted by Crippen LogP contribution is -2.74. The highest BCUT2D eigenvalue weighted by atomic mass is 16.5. The van der Waals surface area contributed by atoms with Crippen LogP contribution in [0.25, 0.3) is 11.0 Å². The molecule has 6 N–H and O–H groups in total. The number of aromatic nitrogens is 2. The third-order valence-electron chi connectivity index (χ3n) is 8.63. The van der Waals surface area contributed by atoms with Crippen LogP contribution in [0, 0.1) is 5.41 Å². The van der Waals surface area contributed by atoms with Crippen molar-refractivity contribution in [1.29, 1.82) is 5.41 Å². The number of quaternary nitrogens is 1. The zero-order valence-electron chi connectivity index (χ0n) is 25.5. The van der Waals surface area contributed by atoms with Gasteiger partial charge in [0.2, 0.25) is 0 Å². The average Bonchev–Trinajstić information content (AvgIpc) is 3.44. The number of nitrogens with zero attached hydrogens (tertiary/aromatic N) is 3. The number of hydrogen-bond acceptors (Lipinski definition) is 5. The van der Waals surface area contributed by atoms with Crippen molar-refractivity contribution >= 4 is 28.6 Å². The summed E-state index contributed by atoms with van der Waals surface area (Å²) in [5, 5.41) is 17.9. The molecule has 232 valence electrons. The van der Waals surface area contributed by atoms with E-state index in [2.05, 4.69) is 45.6 Å². The van der Waals surface area contributed by atoms with Crippen LogP contribution in [0.15, 0.2) is 72.8 Å². The van der Waals surface area contributed by atoms with Crippen LogP contribution in [-0.2, 0) is 24.0 Å². The number of H-pyrrole nitrogens is 1. The number of hydrogen-bond donors (Lipinski definition) is 5. The molecule has 1 fully saturated rings. The van der Waals surface area contributed by atoms with E-state index in [1.54, 1.807) is 0 Å². The van der Waals surface area contributed by atoms with Crippen LogP contribution in [-0.4, -0.2) is 77.3 Å². The van der Waals surface area contributed by atoms with Gasteiger partial charge in [-0.15, -0.1) is 0 Å². The van der Waals surface area contributed by atoms with Crippen LogP contribution in [0.5, 0.6) is 0 Å². The first-order chi connectivity index (χ1) is 21.4. The first kappa shape index (κ1) is 31.2. The van der Waals surface area contributed by atoms with Gasteiger partial charge in [-0.25, -0.2) is 9.78 Å². The molecule has 2 heterocycles. The highest BCUT2D eigenvalue weighted by Gasteiger charge is 2.46. The van der Waals surface area contributed by atoms with Crippen molar-refractivity contribution < 1.29 is 14.6 Å². The summed E-state index contributed by atoms with van der Waals surface area (Å²) in [7, 11) is 0. The second-order valence-electron chi connectivity index (χ2n) is 11.5. The number of amidine groups is 1. The highest BCUT2D eigenvalue weighted by Crippen LogP contribution is 2.32. The Hall–Kier alpha value is -4.25. The first-order valence-corrected chi connectivity index (χ1v) is 15.5. The van der Waals surface area contributed by atoms with Crippen molar-refractivity contribution in [3.05, 3.63) is 95.3 Å². The lowest BCUT2D eigenvalue weighted by molar-refractivity contribution is 0.0366. The monoisotopic (exact) mass is 598 g/mol. The Labute approximate surface area is 258 Å². The second-order valence-corrected chi connectivity index (χ2v) is 11.5. The number of carboxylic acid groups (broad SMARTS) is 1. The number of aryl methyl sites for hydroxylation is 2. The van der Waals surface area contributed by atoms with E-state index < -0.39 is 6.09 Å². The number of benzene rings is 3. The van der Waals surface area contributed by atoms with E-state index >= 15 is 0 Å². The smallest absolute Gasteiger partial charge is 0.449 e. The standard InChI is InChI=1S/C34H43N7O3/c1-2-44-22-6-9-32-37-30-17-16-28(23-31(30)38-32)41(39-34(42)43)21-20-40(19-18-25-7-4-3-5-8-25)24-29(41)15-12-26-10-13-27(14-11-26)33(35)36/h3-5,7-8,10-11,13-14,16-17,23,29,39H,2,6,9,12,15,18-22,24H2,1H3,(H4-,35,36,37,38,42,43)/p+1. The molecule has 1 aliphatic rings. The Balaban J connectivity index is 1.42. The van der Waals surface area contributed by atoms with E-state index in [0.29, 0.717) is 25.3 Å². The van der Waals surface area contributed by atoms with Crippen LogP contribution in [0.4, 0.5) is 10.5 Å². The number of imidazole rings is 1. The summed E-state index contributed by atoms with van der Waals surface area (Å²) in [5.74, 6) is 0.955. The third kappa shape index (κ3) is 7.63. The minimum absolute atomic E-state index is 0.0332. The minimum atomic E-state index is -1.04. The number of rotatable bonds is 14. The van der Waals surface area contributed by atoms with E-state index in [0.717, 1.165) is 79.8 Å². The summed E-state index contributed by atoms with van der Waals surface area (Å²) in [6.07, 6.45) is 3.12. The molecule has 2 atom stereocenters. The zero-order chi connectivity index (χ0) is 30.9. The summed E-state index contributed by atoms with van der Waals surface area (Å²) in [6.45, 7) is 6.42. The van der Waals surface area contributed by atoms with Gasteiger partial charge in [-0.2, -0.15) is 10.0 Å². The molecule has 3 aromatic carbocycles.